The lowest BCUT2D eigenvalue weighted by Gasteiger charge is -2.41. The lowest BCUT2D eigenvalue weighted by atomic mass is 9.87. The molecule has 11 heteroatoms. The summed E-state index contributed by atoms with van der Waals surface area (Å²) in [5.41, 5.74) is 1.67. The molecule has 2 aromatic rings. The normalized spacial score (nSPS) is 18.3. The molecule has 41 heavy (non-hydrogen) atoms. The highest BCUT2D eigenvalue weighted by atomic mass is 127. The average Bonchev–Trinajstić information content (AvgIpc) is 2.97. The number of aliphatic hydroxyl groups is 2. The van der Waals surface area contributed by atoms with Crippen LogP contribution in [-0.2, 0) is 16.0 Å². The zero-order valence-corrected chi connectivity index (χ0v) is 25.8. The summed E-state index contributed by atoms with van der Waals surface area (Å²) >= 11 is 2.01. The number of methoxy groups -OCH3 is 2. The van der Waals surface area contributed by atoms with Crippen LogP contribution in [0.15, 0.2) is 48.0 Å². The first-order valence-electron chi connectivity index (χ1n) is 13.3. The second-order valence-electron chi connectivity index (χ2n) is 9.96. The molecule has 0 unspecified atom stereocenters. The number of aldehydes is 1. The standard InChI is InChI=1S/C30H37IN2O8/c1-18(2)30(38)33(10-8-19-6-5-7-22(12-19)39-3)24-15-21(29(37)32-9-11-34)16-25(27(24)36)41-28-23(31)13-20(17-35)14-26(28)40-4/h5-7,12-14,16-18,24-25,27,34,36H,8-11,15H2,1-4H3,(H,32,37)/t24-,25+,27+/m1/s1. The molecule has 3 rings (SSSR count). The summed E-state index contributed by atoms with van der Waals surface area (Å²) in [7, 11) is 3.03. The molecule has 3 N–H and O–H groups in total. The summed E-state index contributed by atoms with van der Waals surface area (Å²) in [6, 6.07) is 9.92. The Hall–Kier alpha value is -3.16. The summed E-state index contributed by atoms with van der Waals surface area (Å²) in [4.78, 5) is 39.5. The van der Waals surface area contributed by atoms with Crippen LogP contribution in [0, 0.1) is 9.49 Å². The fourth-order valence-corrected chi connectivity index (χ4v) is 5.44. The molecule has 0 heterocycles. The van der Waals surface area contributed by atoms with Crippen molar-refractivity contribution in [3.8, 4) is 17.2 Å². The number of amides is 2. The van der Waals surface area contributed by atoms with Crippen molar-refractivity contribution in [2.24, 2.45) is 5.92 Å². The van der Waals surface area contributed by atoms with Gasteiger partial charge in [-0.1, -0.05) is 26.0 Å². The minimum atomic E-state index is -1.19. The summed E-state index contributed by atoms with van der Waals surface area (Å²) in [6.45, 7) is 3.69. The van der Waals surface area contributed by atoms with Gasteiger partial charge in [0.15, 0.2) is 11.5 Å². The molecule has 0 spiro atoms. The van der Waals surface area contributed by atoms with Gasteiger partial charge in [0.25, 0.3) is 0 Å². The van der Waals surface area contributed by atoms with E-state index in [1.165, 1.54) is 19.3 Å². The van der Waals surface area contributed by atoms with Gasteiger partial charge in [-0.05, 0) is 64.9 Å². The number of hydrogen-bond acceptors (Lipinski definition) is 8. The van der Waals surface area contributed by atoms with Gasteiger partial charge in [-0.25, -0.2) is 0 Å². The van der Waals surface area contributed by atoms with Crippen LogP contribution in [0.2, 0.25) is 0 Å². The van der Waals surface area contributed by atoms with Crippen LogP contribution in [0.5, 0.6) is 17.2 Å². The minimum Gasteiger partial charge on any atom is -0.497 e. The van der Waals surface area contributed by atoms with Crippen LogP contribution < -0.4 is 19.5 Å². The molecule has 2 amide bonds. The molecule has 0 aliphatic heterocycles. The third-order valence-electron chi connectivity index (χ3n) is 6.81. The first kappa shape index (κ1) is 32.4. The Morgan fingerprint density at radius 3 is 2.59 bits per heavy atom. The third-order valence-corrected chi connectivity index (χ3v) is 7.61. The van der Waals surface area contributed by atoms with E-state index in [1.807, 2.05) is 46.9 Å². The zero-order chi connectivity index (χ0) is 30.1. The first-order valence-corrected chi connectivity index (χ1v) is 14.4. The zero-order valence-electron chi connectivity index (χ0n) is 23.6. The van der Waals surface area contributed by atoms with Gasteiger partial charge >= 0.3 is 0 Å². The van der Waals surface area contributed by atoms with E-state index in [9.17, 15) is 24.6 Å². The van der Waals surface area contributed by atoms with Gasteiger partial charge in [-0.15, -0.1) is 0 Å². The Bertz CT molecular complexity index is 1270. The highest BCUT2D eigenvalue weighted by molar-refractivity contribution is 14.1. The van der Waals surface area contributed by atoms with Crippen molar-refractivity contribution in [3.63, 3.8) is 0 Å². The topological polar surface area (TPSA) is 135 Å². The molecule has 0 radical (unpaired) electrons. The average molecular weight is 681 g/mol. The first-order chi connectivity index (χ1) is 19.6. The van der Waals surface area contributed by atoms with Gasteiger partial charge in [-0.2, -0.15) is 0 Å². The van der Waals surface area contributed by atoms with Crippen LogP contribution in [0.4, 0.5) is 0 Å². The fourth-order valence-electron chi connectivity index (χ4n) is 4.69. The number of nitrogens with zero attached hydrogens (tertiary/aromatic N) is 1. The monoisotopic (exact) mass is 680 g/mol. The molecule has 222 valence electrons. The van der Waals surface area contributed by atoms with Crippen LogP contribution >= 0.6 is 22.6 Å². The van der Waals surface area contributed by atoms with Crippen molar-refractivity contribution in [3.05, 3.63) is 62.7 Å². The number of nitrogens with one attached hydrogen (secondary N) is 1. The van der Waals surface area contributed by atoms with Crippen LogP contribution in [0.25, 0.3) is 0 Å². The van der Waals surface area contributed by atoms with E-state index < -0.39 is 24.2 Å². The highest BCUT2D eigenvalue weighted by Crippen LogP contribution is 2.37. The van der Waals surface area contributed by atoms with Crippen LogP contribution in [-0.4, -0.2) is 85.4 Å². The SMILES string of the molecule is COc1cccc(CCN(C(=O)C(C)C)[C@@H]2CC(C(=O)NCCO)=C[C@H](Oc3c(I)cc(C=O)cc3OC)[C@H]2O)c1. The smallest absolute Gasteiger partial charge is 0.247 e. The van der Waals surface area contributed by atoms with E-state index in [4.69, 9.17) is 14.2 Å². The Labute approximate surface area is 253 Å². The summed E-state index contributed by atoms with van der Waals surface area (Å²) in [5.74, 6) is 0.336. The molecule has 0 aromatic heterocycles. The molecular formula is C30H37IN2O8. The second-order valence-corrected chi connectivity index (χ2v) is 11.1. The molecule has 0 saturated heterocycles. The number of rotatable bonds is 13. The molecular weight excluding hydrogens is 643 g/mol. The van der Waals surface area contributed by atoms with E-state index in [0.717, 1.165) is 5.56 Å². The predicted molar refractivity (Wildman–Crippen MR) is 161 cm³/mol. The Kier molecular flexibility index (Phi) is 12.0. The summed E-state index contributed by atoms with van der Waals surface area (Å²) in [5, 5.41) is 23.5. The van der Waals surface area contributed by atoms with Gasteiger partial charge in [0, 0.05) is 36.6 Å². The number of ether oxygens (including phenoxy) is 3. The summed E-state index contributed by atoms with van der Waals surface area (Å²) < 4.78 is 17.6. The predicted octanol–water partition coefficient (Wildman–Crippen LogP) is 2.76. The molecule has 0 bridgehead atoms. The number of aliphatic hydroxyl groups excluding tert-OH is 2. The van der Waals surface area contributed by atoms with E-state index in [-0.39, 0.29) is 31.4 Å². The Morgan fingerprint density at radius 2 is 1.95 bits per heavy atom. The summed E-state index contributed by atoms with van der Waals surface area (Å²) in [6.07, 6.45) is 0.612. The van der Waals surface area contributed by atoms with Gasteiger partial charge in [0.1, 0.15) is 24.2 Å². The largest absolute Gasteiger partial charge is 0.497 e. The number of halogens is 1. The van der Waals surface area contributed by atoms with E-state index in [1.54, 1.807) is 31.9 Å². The van der Waals surface area contributed by atoms with Gasteiger partial charge in [0.05, 0.1) is 30.4 Å². The van der Waals surface area contributed by atoms with E-state index >= 15 is 0 Å². The number of carbonyl (C=O) groups is 3. The van der Waals surface area contributed by atoms with Gasteiger partial charge < -0.3 is 34.6 Å². The molecule has 0 saturated carbocycles. The van der Waals surface area contributed by atoms with Crippen molar-refractivity contribution in [1.82, 2.24) is 10.2 Å². The lowest BCUT2D eigenvalue weighted by Crippen LogP contribution is -2.56. The molecule has 3 atom stereocenters. The van der Waals surface area contributed by atoms with Gasteiger partial charge in [-0.3, -0.25) is 14.4 Å². The van der Waals surface area contributed by atoms with E-state index in [0.29, 0.717) is 51.2 Å². The van der Waals surface area contributed by atoms with E-state index in [2.05, 4.69) is 5.32 Å². The van der Waals surface area contributed by atoms with Gasteiger partial charge in [0.2, 0.25) is 11.8 Å². The maximum atomic E-state index is 13.5. The fraction of sp³-hybridized carbons (Fsp3) is 0.433. The quantitative estimate of drug-likeness (QED) is 0.217. The second kappa shape index (κ2) is 15.2. The molecule has 10 nitrogen and oxygen atoms in total. The van der Waals surface area contributed by atoms with Crippen LogP contribution in [0.1, 0.15) is 36.2 Å². The molecule has 2 aromatic carbocycles. The third kappa shape index (κ3) is 8.20. The van der Waals surface area contributed by atoms with Crippen molar-refractivity contribution < 1.29 is 38.8 Å². The number of benzene rings is 2. The number of carbonyl (C=O) groups excluding carboxylic acids is 3. The molecule has 1 aliphatic carbocycles. The minimum absolute atomic E-state index is 0.0538. The van der Waals surface area contributed by atoms with Crippen LogP contribution in [0.3, 0.4) is 0 Å². The van der Waals surface area contributed by atoms with Crippen molar-refractivity contribution >= 4 is 40.7 Å². The maximum Gasteiger partial charge on any atom is 0.247 e. The molecule has 0 fully saturated rings. The Morgan fingerprint density at radius 1 is 1.20 bits per heavy atom. The Balaban J connectivity index is 2.00. The number of hydrogen-bond donors (Lipinski definition) is 3. The highest BCUT2D eigenvalue weighted by Gasteiger charge is 2.41. The van der Waals surface area contributed by atoms with Crippen molar-refractivity contribution in [2.75, 3.05) is 33.9 Å². The van der Waals surface area contributed by atoms with Crippen molar-refractivity contribution in [1.29, 1.82) is 0 Å². The molecule has 1 aliphatic rings. The van der Waals surface area contributed by atoms with Crippen molar-refractivity contribution in [2.45, 2.75) is 44.9 Å². The maximum absolute atomic E-state index is 13.5. The lowest BCUT2D eigenvalue weighted by molar-refractivity contribution is -0.141.